The first-order valence-corrected chi connectivity index (χ1v) is 11.6. The molecule has 1 radical (unpaired) electrons. The third-order valence-electron chi connectivity index (χ3n) is 5.67. The van der Waals surface area contributed by atoms with Crippen LogP contribution in [0.4, 0.5) is 4.39 Å². The van der Waals surface area contributed by atoms with E-state index in [-0.39, 0.29) is 42.9 Å². The maximum absolute atomic E-state index is 13.5. The summed E-state index contributed by atoms with van der Waals surface area (Å²) < 4.78 is 13.5. The van der Waals surface area contributed by atoms with E-state index in [1.165, 1.54) is 35.5 Å². The number of halogens is 1. The number of nitrogens with zero attached hydrogens (tertiary/aromatic N) is 2. The van der Waals surface area contributed by atoms with Crippen molar-refractivity contribution >= 4 is 27.5 Å². The largest absolute Gasteiger partial charge is 0.512 e. The molecule has 0 aliphatic carbocycles. The molecule has 0 aliphatic heterocycles. The van der Waals surface area contributed by atoms with E-state index in [9.17, 15) is 14.3 Å². The Labute approximate surface area is 226 Å². The maximum atomic E-state index is 13.5. The molecule has 3 aromatic carbocycles. The molecular formula is C30H32FIrN2O2-. The first-order valence-electron chi connectivity index (χ1n) is 11.6. The number of aliphatic hydroxyl groups excluding tert-OH is 1. The van der Waals surface area contributed by atoms with E-state index in [0.717, 1.165) is 16.3 Å². The first-order chi connectivity index (χ1) is 16.3. The molecule has 0 saturated carbocycles. The van der Waals surface area contributed by atoms with Gasteiger partial charge in [-0.3, -0.25) is 9.78 Å². The average molecular weight is 664 g/mol. The van der Waals surface area contributed by atoms with Crippen molar-refractivity contribution in [3.05, 3.63) is 84.1 Å². The summed E-state index contributed by atoms with van der Waals surface area (Å²) in [5.41, 5.74) is 2.66. The van der Waals surface area contributed by atoms with Crippen LogP contribution in [0.25, 0.3) is 32.9 Å². The van der Waals surface area contributed by atoms with E-state index in [0.29, 0.717) is 11.3 Å². The van der Waals surface area contributed by atoms with Crippen molar-refractivity contribution in [1.82, 2.24) is 9.97 Å². The molecule has 0 spiro atoms. The molecule has 0 atom stereocenters. The summed E-state index contributed by atoms with van der Waals surface area (Å²) in [6.45, 7) is 13.2. The normalized spacial score (nSPS) is 12.1. The molecule has 0 bridgehead atoms. The van der Waals surface area contributed by atoms with Crippen molar-refractivity contribution in [1.29, 1.82) is 0 Å². The molecule has 0 unspecified atom stereocenters. The number of carbonyl (C=O) groups is 1. The van der Waals surface area contributed by atoms with Gasteiger partial charge in [0.25, 0.3) is 0 Å². The van der Waals surface area contributed by atoms with Crippen molar-refractivity contribution in [3.8, 4) is 11.3 Å². The summed E-state index contributed by atoms with van der Waals surface area (Å²) in [5.74, 6) is -0.190. The van der Waals surface area contributed by atoms with Crippen molar-refractivity contribution < 1.29 is 34.4 Å². The van der Waals surface area contributed by atoms with Gasteiger partial charge in [-0.15, -0.1) is 29.8 Å². The van der Waals surface area contributed by atoms with Gasteiger partial charge in [-0.1, -0.05) is 71.9 Å². The molecule has 36 heavy (non-hydrogen) atoms. The van der Waals surface area contributed by atoms with Crippen LogP contribution in [-0.4, -0.2) is 20.9 Å². The van der Waals surface area contributed by atoms with Gasteiger partial charge in [0.15, 0.2) is 5.78 Å². The van der Waals surface area contributed by atoms with Crippen LogP contribution in [0.3, 0.4) is 0 Å². The van der Waals surface area contributed by atoms with E-state index in [4.69, 9.17) is 0 Å². The molecule has 191 valence electrons. The summed E-state index contributed by atoms with van der Waals surface area (Å²) in [6.07, 6.45) is 2.86. The topological polar surface area (TPSA) is 63.1 Å². The summed E-state index contributed by atoms with van der Waals surface area (Å²) in [6, 6.07) is 17.7. The van der Waals surface area contributed by atoms with Crippen LogP contribution in [0, 0.1) is 29.6 Å². The molecule has 6 heteroatoms. The molecular weight excluding hydrogens is 632 g/mol. The number of aliphatic hydroxyl groups is 1. The fourth-order valence-corrected chi connectivity index (χ4v) is 3.39. The van der Waals surface area contributed by atoms with Gasteiger partial charge in [0.05, 0.1) is 5.52 Å². The Morgan fingerprint density at radius 2 is 1.61 bits per heavy atom. The number of ketones is 1. The number of allylic oxidation sites excluding steroid dienone is 2. The number of hydrogen-bond donors (Lipinski definition) is 1. The fraction of sp³-hybridized carbons (Fsp3) is 0.300. The smallest absolute Gasteiger partial charge is 0.164 e. The van der Waals surface area contributed by atoms with E-state index in [2.05, 4.69) is 41.2 Å². The number of aromatic nitrogens is 2. The monoisotopic (exact) mass is 664 g/mol. The second-order valence-corrected chi connectivity index (χ2v) is 10.7. The van der Waals surface area contributed by atoms with Crippen molar-refractivity contribution in [2.24, 2.45) is 10.8 Å². The molecule has 1 heterocycles. The van der Waals surface area contributed by atoms with E-state index in [1.54, 1.807) is 6.07 Å². The average Bonchev–Trinajstić information content (AvgIpc) is 2.78. The van der Waals surface area contributed by atoms with Crippen LogP contribution in [0.5, 0.6) is 0 Å². The molecule has 4 nitrogen and oxygen atoms in total. The number of rotatable bonds is 2. The molecule has 0 amide bonds. The molecule has 0 saturated heterocycles. The number of benzene rings is 3. The minimum Gasteiger partial charge on any atom is -0.512 e. The van der Waals surface area contributed by atoms with Gasteiger partial charge in [0.2, 0.25) is 0 Å². The van der Waals surface area contributed by atoms with Gasteiger partial charge in [-0.2, -0.15) is 0 Å². The molecule has 1 aromatic heterocycles. The Morgan fingerprint density at radius 3 is 2.22 bits per heavy atom. The van der Waals surface area contributed by atoms with Crippen molar-refractivity contribution in [2.45, 2.75) is 48.5 Å². The second-order valence-electron chi connectivity index (χ2n) is 10.7. The number of carbonyl (C=O) groups excluding carboxylic acids is 1. The Bertz CT molecular complexity index is 1420. The molecule has 4 rings (SSSR count). The standard InChI is InChI=1S/C19H12FN2.C11H20O2.Ir/c1-12-4-2-7-16-15(12)8-9-17-18(21-11-22-19(16)17)13-5-3-6-14(20)10-13;1-10(2,3)8(12)7-9(13)11(4,5)6;/h2-4,6-11H,1H3;7,12H,1-6H3;/q-1;;/b;8-7-;. The van der Waals surface area contributed by atoms with E-state index < -0.39 is 5.41 Å². The zero-order chi connectivity index (χ0) is 26.0. The van der Waals surface area contributed by atoms with Gasteiger partial charge < -0.3 is 5.11 Å². The molecule has 4 aromatic rings. The number of hydrogen-bond acceptors (Lipinski definition) is 4. The summed E-state index contributed by atoms with van der Waals surface area (Å²) >= 11 is 0. The van der Waals surface area contributed by atoms with Crippen LogP contribution >= 0.6 is 0 Å². The van der Waals surface area contributed by atoms with E-state index >= 15 is 0 Å². The van der Waals surface area contributed by atoms with Crippen molar-refractivity contribution in [2.75, 3.05) is 0 Å². The van der Waals surface area contributed by atoms with Gasteiger partial charge >= 0.3 is 0 Å². The third-order valence-corrected chi connectivity index (χ3v) is 5.67. The fourth-order valence-electron chi connectivity index (χ4n) is 3.39. The van der Waals surface area contributed by atoms with Crippen LogP contribution in [0.2, 0.25) is 0 Å². The van der Waals surface area contributed by atoms with Crippen LogP contribution in [0.1, 0.15) is 47.1 Å². The van der Waals surface area contributed by atoms with Crippen molar-refractivity contribution in [3.63, 3.8) is 0 Å². The van der Waals surface area contributed by atoms with Crippen LogP contribution < -0.4 is 0 Å². The zero-order valence-corrected chi connectivity index (χ0v) is 24.1. The Balaban J connectivity index is 0.000000285. The third kappa shape index (κ3) is 6.83. The zero-order valence-electron chi connectivity index (χ0n) is 21.7. The second kappa shape index (κ2) is 11.4. The minimum atomic E-state index is -0.417. The Kier molecular flexibility index (Phi) is 9.28. The minimum absolute atomic E-state index is 0. The summed E-state index contributed by atoms with van der Waals surface area (Å²) in [7, 11) is 0. The summed E-state index contributed by atoms with van der Waals surface area (Å²) in [4.78, 5) is 20.3. The van der Waals surface area contributed by atoms with Gasteiger partial charge in [0.1, 0.15) is 12.1 Å². The first kappa shape index (κ1) is 29.3. The molecule has 0 fully saturated rings. The predicted octanol–water partition coefficient (Wildman–Crippen LogP) is 7.78. The Hall–Kier alpha value is -2.95. The quantitative estimate of drug-likeness (QED) is 0.103. The van der Waals surface area contributed by atoms with Crippen LogP contribution in [-0.2, 0) is 24.9 Å². The van der Waals surface area contributed by atoms with Gasteiger partial charge in [-0.05, 0) is 29.0 Å². The Morgan fingerprint density at radius 1 is 0.944 bits per heavy atom. The molecule has 1 N–H and O–H groups in total. The van der Waals surface area contributed by atoms with Gasteiger partial charge in [-0.25, -0.2) is 9.37 Å². The maximum Gasteiger partial charge on any atom is 0.164 e. The summed E-state index contributed by atoms with van der Waals surface area (Å²) in [5, 5.41) is 12.7. The number of fused-ring (bicyclic) bond motifs is 3. The van der Waals surface area contributed by atoms with Crippen LogP contribution in [0.15, 0.2) is 66.7 Å². The van der Waals surface area contributed by atoms with Gasteiger partial charge in [0, 0.05) is 48.2 Å². The SMILES string of the molecule is CC(C)(C)C(=O)/C=C(\O)C(C)(C)C.Cc1cccc2c1ccc1c(-c3[c-]ccc(F)c3)ncnc12.[Ir]. The van der Waals surface area contributed by atoms with E-state index in [1.807, 2.05) is 53.7 Å². The molecule has 0 aliphatic rings. The number of aryl methyl sites for hydroxylation is 1. The predicted molar refractivity (Wildman–Crippen MR) is 141 cm³/mol.